The molecule has 0 saturated carbocycles. The van der Waals surface area contributed by atoms with Crippen LogP contribution >= 0.6 is 0 Å². The van der Waals surface area contributed by atoms with E-state index in [1.807, 2.05) is 0 Å². The Morgan fingerprint density at radius 3 is 1.52 bits per heavy atom. The number of hydrogen-bond donors (Lipinski definition) is 0. The molecule has 0 N–H and O–H groups in total. The van der Waals surface area contributed by atoms with E-state index in [-0.39, 0.29) is 16.2 Å². The highest BCUT2D eigenvalue weighted by molar-refractivity contribution is 5.92. The number of aryl methyl sites for hydroxylation is 2. The summed E-state index contributed by atoms with van der Waals surface area (Å²) in [5.41, 5.74) is 21.8. The molecule has 0 amide bonds. The van der Waals surface area contributed by atoms with Crippen LogP contribution in [-0.4, -0.2) is 0 Å². The first-order valence-electron chi connectivity index (χ1n) is 24.0. The van der Waals surface area contributed by atoms with E-state index >= 15 is 0 Å². The van der Waals surface area contributed by atoms with Gasteiger partial charge in [0.2, 0.25) is 0 Å². The van der Waals surface area contributed by atoms with Gasteiger partial charge in [0.1, 0.15) is 0 Å². The average molecular weight is 842 g/mol. The fraction of sp³-hybridized carbons (Fsp3) is 0.333. The average Bonchev–Trinajstić information content (AvgIpc) is 3.50. The molecule has 7 aromatic carbocycles. The fourth-order valence-electron chi connectivity index (χ4n) is 9.65. The van der Waals surface area contributed by atoms with Gasteiger partial charge in [-0.25, -0.2) is 0 Å². The molecule has 7 aromatic rings. The zero-order valence-corrected chi connectivity index (χ0v) is 40.9. The number of fused-ring (bicyclic) bond motifs is 3. The van der Waals surface area contributed by atoms with Crippen molar-refractivity contribution >= 4 is 17.1 Å². The molecule has 1 heteroatoms. The van der Waals surface area contributed by atoms with Gasteiger partial charge in [0.25, 0.3) is 0 Å². The molecule has 0 bridgehead atoms. The zero-order chi connectivity index (χ0) is 45.6. The molecule has 1 aliphatic rings. The topological polar surface area (TPSA) is 3.24 Å². The molecule has 0 aliphatic heterocycles. The van der Waals surface area contributed by atoms with Crippen molar-refractivity contribution in [3.63, 3.8) is 0 Å². The van der Waals surface area contributed by atoms with Gasteiger partial charge in [-0.2, -0.15) is 0 Å². The summed E-state index contributed by atoms with van der Waals surface area (Å²) in [6.07, 6.45) is 4.60. The third-order valence-electron chi connectivity index (χ3n) is 13.6. The molecule has 64 heavy (non-hydrogen) atoms. The quantitative estimate of drug-likeness (QED) is 0.118. The maximum Gasteiger partial charge on any atom is 0.0540 e. The van der Waals surface area contributed by atoms with Crippen LogP contribution in [0.2, 0.25) is 0 Å². The molecule has 1 nitrogen and oxygen atoms in total. The summed E-state index contributed by atoms with van der Waals surface area (Å²) in [6.45, 7) is 28.3. The highest BCUT2D eigenvalue weighted by Gasteiger charge is 2.36. The molecule has 0 aromatic heterocycles. The lowest BCUT2D eigenvalue weighted by molar-refractivity contribution is 0.581. The van der Waals surface area contributed by atoms with Gasteiger partial charge < -0.3 is 4.90 Å². The predicted octanol–water partition coefficient (Wildman–Crippen LogP) is 18.2. The van der Waals surface area contributed by atoms with E-state index in [4.69, 9.17) is 0 Å². The van der Waals surface area contributed by atoms with Gasteiger partial charge in [0.05, 0.1) is 5.69 Å². The normalized spacial score (nSPS) is 13.3. The monoisotopic (exact) mass is 842 g/mol. The molecule has 8 rings (SSSR count). The standard InChI is InChI=1S/C63H71N/c1-42(2)26-28-44-32-45(29-27-43(3)4)34-47(33-44)48-35-49(37-51(36-48)61(5,6)7)50-38-52(62(8,9)10)40-54(39-50)64(60-25-19-17-22-55(60)46-20-14-13-15-21-46)53-30-31-57-56-23-16-18-24-58(56)63(11,12)59(57)41-53/h13-25,30-43H,26-29H2,1-12H3. The predicted molar refractivity (Wildman–Crippen MR) is 279 cm³/mol. The first-order chi connectivity index (χ1) is 30.4. The smallest absolute Gasteiger partial charge is 0.0540 e. The van der Waals surface area contributed by atoms with Crippen molar-refractivity contribution < 1.29 is 0 Å². The minimum absolute atomic E-state index is 0.0413. The van der Waals surface area contributed by atoms with Crippen LogP contribution in [0.15, 0.2) is 152 Å². The van der Waals surface area contributed by atoms with Gasteiger partial charge in [-0.1, -0.05) is 198 Å². The Kier molecular flexibility index (Phi) is 12.4. The Bertz CT molecular complexity index is 2730. The van der Waals surface area contributed by atoms with Crippen molar-refractivity contribution in [2.24, 2.45) is 11.8 Å². The van der Waals surface area contributed by atoms with E-state index in [2.05, 4.69) is 240 Å². The van der Waals surface area contributed by atoms with Crippen LogP contribution in [0.5, 0.6) is 0 Å². The molecule has 0 saturated heterocycles. The number of hydrogen-bond acceptors (Lipinski definition) is 1. The molecule has 0 radical (unpaired) electrons. The van der Waals surface area contributed by atoms with Crippen LogP contribution in [0.25, 0.3) is 44.5 Å². The lowest BCUT2D eigenvalue weighted by Gasteiger charge is -2.32. The third kappa shape index (κ3) is 9.42. The van der Waals surface area contributed by atoms with E-state index in [0.29, 0.717) is 11.8 Å². The van der Waals surface area contributed by atoms with E-state index < -0.39 is 0 Å². The molecule has 1 aliphatic carbocycles. The largest absolute Gasteiger partial charge is 0.310 e. The van der Waals surface area contributed by atoms with Gasteiger partial charge in [-0.3, -0.25) is 0 Å². The Morgan fingerprint density at radius 1 is 0.422 bits per heavy atom. The van der Waals surface area contributed by atoms with Crippen LogP contribution in [0.4, 0.5) is 17.1 Å². The van der Waals surface area contributed by atoms with Crippen molar-refractivity contribution in [3.05, 3.63) is 185 Å². The third-order valence-corrected chi connectivity index (χ3v) is 13.6. The van der Waals surface area contributed by atoms with Crippen molar-refractivity contribution in [2.75, 3.05) is 4.90 Å². The Morgan fingerprint density at radius 2 is 0.922 bits per heavy atom. The number of benzene rings is 7. The van der Waals surface area contributed by atoms with Gasteiger partial charge in [-0.05, 0) is 157 Å². The van der Waals surface area contributed by atoms with Gasteiger partial charge in [0.15, 0.2) is 0 Å². The summed E-state index contributed by atoms with van der Waals surface area (Å²) in [6, 6.07) is 58.3. The second-order valence-electron chi connectivity index (χ2n) is 22.1. The summed E-state index contributed by atoms with van der Waals surface area (Å²) in [5.74, 6) is 1.34. The molecule has 0 spiro atoms. The zero-order valence-electron chi connectivity index (χ0n) is 40.9. The van der Waals surface area contributed by atoms with Gasteiger partial charge >= 0.3 is 0 Å². The first kappa shape index (κ1) is 44.9. The highest BCUT2D eigenvalue weighted by atomic mass is 15.1. The minimum Gasteiger partial charge on any atom is -0.310 e. The summed E-state index contributed by atoms with van der Waals surface area (Å²) >= 11 is 0. The second kappa shape index (κ2) is 17.7. The maximum absolute atomic E-state index is 2.54. The van der Waals surface area contributed by atoms with Gasteiger partial charge in [0, 0.05) is 22.4 Å². The summed E-state index contributed by atoms with van der Waals surface area (Å²) in [7, 11) is 0. The first-order valence-corrected chi connectivity index (χ1v) is 24.0. The summed E-state index contributed by atoms with van der Waals surface area (Å²) in [5, 5.41) is 0. The van der Waals surface area contributed by atoms with Crippen molar-refractivity contribution in [3.8, 4) is 44.5 Å². The number of rotatable bonds is 12. The van der Waals surface area contributed by atoms with Crippen LogP contribution < -0.4 is 4.90 Å². The fourth-order valence-corrected chi connectivity index (χ4v) is 9.65. The molecule has 328 valence electrons. The van der Waals surface area contributed by atoms with Crippen molar-refractivity contribution in [1.82, 2.24) is 0 Å². The van der Waals surface area contributed by atoms with Gasteiger partial charge in [-0.15, -0.1) is 0 Å². The van der Waals surface area contributed by atoms with E-state index in [1.54, 1.807) is 0 Å². The van der Waals surface area contributed by atoms with Crippen LogP contribution in [0.1, 0.15) is 129 Å². The summed E-state index contributed by atoms with van der Waals surface area (Å²) < 4.78 is 0. The van der Waals surface area contributed by atoms with Crippen molar-refractivity contribution in [1.29, 1.82) is 0 Å². The Balaban J connectivity index is 1.36. The maximum atomic E-state index is 2.54. The van der Waals surface area contributed by atoms with E-state index in [1.165, 1.54) is 90.7 Å². The lowest BCUT2D eigenvalue weighted by Crippen LogP contribution is -2.18. The molecule has 0 fully saturated rings. The van der Waals surface area contributed by atoms with Crippen LogP contribution in [0.3, 0.4) is 0 Å². The molecule has 0 unspecified atom stereocenters. The number of anilines is 3. The number of nitrogens with zero attached hydrogens (tertiary/aromatic N) is 1. The number of para-hydroxylation sites is 1. The molecule has 0 heterocycles. The minimum atomic E-state index is -0.129. The second-order valence-corrected chi connectivity index (χ2v) is 22.1. The van der Waals surface area contributed by atoms with Crippen LogP contribution in [0, 0.1) is 11.8 Å². The molecular formula is C63H71N. The Hall–Kier alpha value is -5.66. The lowest BCUT2D eigenvalue weighted by atomic mass is 9.81. The van der Waals surface area contributed by atoms with Crippen LogP contribution in [-0.2, 0) is 29.1 Å². The molecular weight excluding hydrogens is 771 g/mol. The van der Waals surface area contributed by atoms with E-state index in [9.17, 15) is 0 Å². The van der Waals surface area contributed by atoms with Crippen molar-refractivity contribution in [2.45, 2.75) is 125 Å². The SMILES string of the molecule is CC(C)CCc1cc(CCC(C)C)cc(-c2cc(-c3cc(N(c4ccc5c(c4)C(C)(C)c4ccccc4-5)c4ccccc4-c4ccccc4)cc(C(C)(C)C)c3)cc(C(C)(C)C)c2)c1. The molecule has 0 atom stereocenters. The highest BCUT2D eigenvalue weighted by Crippen LogP contribution is 2.52. The Labute approximate surface area is 386 Å². The van der Waals surface area contributed by atoms with E-state index in [0.717, 1.165) is 29.9 Å². The summed E-state index contributed by atoms with van der Waals surface area (Å²) in [4.78, 5) is 2.54.